The molecule has 1 amide bonds. The van der Waals surface area contributed by atoms with Crippen LogP contribution >= 0.6 is 23.8 Å². The number of nitrogens with one attached hydrogen (secondary N) is 1. The molecule has 1 aromatic rings. The SMILES string of the molecule is CCN(CC)C(=O)C1CCCN(C(=S)Nc2ccccc2Cl)C1. The highest BCUT2D eigenvalue weighted by Gasteiger charge is 2.29. The lowest BCUT2D eigenvalue weighted by Crippen LogP contribution is -2.47. The summed E-state index contributed by atoms with van der Waals surface area (Å²) in [4.78, 5) is 16.5. The number of hydrogen-bond acceptors (Lipinski definition) is 2. The van der Waals surface area contributed by atoms with E-state index in [-0.39, 0.29) is 11.8 Å². The lowest BCUT2D eigenvalue weighted by molar-refractivity contribution is -0.136. The number of carbonyl (C=O) groups is 1. The quantitative estimate of drug-likeness (QED) is 0.839. The van der Waals surface area contributed by atoms with E-state index in [2.05, 4.69) is 10.2 Å². The summed E-state index contributed by atoms with van der Waals surface area (Å²) in [6.07, 6.45) is 1.91. The number of anilines is 1. The summed E-state index contributed by atoms with van der Waals surface area (Å²) in [7, 11) is 0. The summed E-state index contributed by atoms with van der Waals surface area (Å²) in [5.41, 5.74) is 0.802. The molecule has 1 heterocycles. The highest BCUT2D eigenvalue weighted by atomic mass is 35.5. The van der Waals surface area contributed by atoms with Crippen molar-refractivity contribution in [3.63, 3.8) is 0 Å². The fourth-order valence-electron chi connectivity index (χ4n) is 2.91. The molecule has 23 heavy (non-hydrogen) atoms. The number of likely N-dealkylation sites (tertiary alicyclic amines) is 1. The minimum absolute atomic E-state index is 0.0228. The Morgan fingerprint density at radius 1 is 1.39 bits per heavy atom. The molecule has 0 aromatic heterocycles. The van der Waals surface area contributed by atoms with Crippen LogP contribution in [0.4, 0.5) is 5.69 Å². The lowest BCUT2D eigenvalue weighted by atomic mass is 9.96. The van der Waals surface area contributed by atoms with E-state index >= 15 is 0 Å². The van der Waals surface area contributed by atoms with E-state index in [9.17, 15) is 4.79 Å². The Bertz CT molecular complexity index is 563. The van der Waals surface area contributed by atoms with Crippen LogP contribution in [-0.4, -0.2) is 47.0 Å². The zero-order valence-corrected chi connectivity index (χ0v) is 15.3. The maximum Gasteiger partial charge on any atom is 0.227 e. The fourth-order valence-corrected chi connectivity index (χ4v) is 3.37. The molecule has 0 bridgehead atoms. The van der Waals surface area contributed by atoms with Crippen LogP contribution in [0.15, 0.2) is 24.3 Å². The topological polar surface area (TPSA) is 35.6 Å². The first-order chi connectivity index (χ1) is 11.1. The maximum atomic E-state index is 12.6. The highest BCUT2D eigenvalue weighted by molar-refractivity contribution is 7.80. The molecule has 0 aliphatic carbocycles. The molecule has 126 valence electrons. The third kappa shape index (κ3) is 4.58. The second-order valence-electron chi connectivity index (χ2n) is 5.71. The van der Waals surface area contributed by atoms with Gasteiger partial charge in [0.05, 0.1) is 16.6 Å². The molecule has 1 fully saturated rings. The van der Waals surface area contributed by atoms with Crippen molar-refractivity contribution in [2.75, 3.05) is 31.5 Å². The predicted molar refractivity (Wildman–Crippen MR) is 99.9 cm³/mol. The van der Waals surface area contributed by atoms with Crippen molar-refractivity contribution < 1.29 is 4.79 Å². The average molecular weight is 354 g/mol. The zero-order valence-electron chi connectivity index (χ0n) is 13.7. The smallest absolute Gasteiger partial charge is 0.227 e. The minimum atomic E-state index is 0.0228. The molecule has 1 N–H and O–H groups in total. The van der Waals surface area contributed by atoms with Crippen molar-refractivity contribution in [3.05, 3.63) is 29.3 Å². The van der Waals surface area contributed by atoms with Gasteiger partial charge in [-0.15, -0.1) is 0 Å². The van der Waals surface area contributed by atoms with Crippen molar-refractivity contribution >= 4 is 40.5 Å². The average Bonchev–Trinajstić information content (AvgIpc) is 2.58. The molecule has 1 aliphatic heterocycles. The van der Waals surface area contributed by atoms with Gasteiger partial charge in [0, 0.05) is 26.2 Å². The molecule has 1 atom stereocenters. The van der Waals surface area contributed by atoms with Gasteiger partial charge in [0.15, 0.2) is 5.11 Å². The number of para-hydroxylation sites is 1. The summed E-state index contributed by atoms with van der Waals surface area (Å²) in [5.74, 6) is 0.259. The van der Waals surface area contributed by atoms with Crippen LogP contribution < -0.4 is 5.32 Å². The molecular formula is C17H24ClN3OS. The summed E-state index contributed by atoms with van der Waals surface area (Å²) in [6, 6.07) is 7.53. The first-order valence-corrected chi connectivity index (χ1v) is 8.94. The summed E-state index contributed by atoms with van der Waals surface area (Å²) >= 11 is 11.7. The van der Waals surface area contributed by atoms with Gasteiger partial charge < -0.3 is 15.1 Å². The predicted octanol–water partition coefficient (Wildman–Crippen LogP) is 3.62. The molecule has 1 aromatic carbocycles. The minimum Gasteiger partial charge on any atom is -0.348 e. The van der Waals surface area contributed by atoms with E-state index in [1.165, 1.54) is 0 Å². The number of amides is 1. The summed E-state index contributed by atoms with van der Waals surface area (Å²) < 4.78 is 0. The molecule has 0 saturated carbocycles. The standard InChI is InChI=1S/C17H24ClN3OS/c1-3-20(4-2)16(22)13-8-7-11-21(12-13)17(23)19-15-10-6-5-9-14(15)18/h5-6,9-10,13H,3-4,7-8,11-12H2,1-2H3,(H,19,23). The Hall–Kier alpha value is -1.33. The Labute approximate surface area is 148 Å². The van der Waals surface area contributed by atoms with Crippen LogP contribution in [0.2, 0.25) is 5.02 Å². The fraction of sp³-hybridized carbons (Fsp3) is 0.529. The third-order valence-corrected chi connectivity index (χ3v) is 4.94. The first kappa shape index (κ1) is 18.0. The van der Waals surface area contributed by atoms with E-state index in [0.717, 1.165) is 38.2 Å². The van der Waals surface area contributed by atoms with Gasteiger partial charge in [0.1, 0.15) is 0 Å². The maximum absolute atomic E-state index is 12.6. The van der Waals surface area contributed by atoms with E-state index in [1.54, 1.807) is 0 Å². The first-order valence-electron chi connectivity index (χ1n) is 8.16. The van der Waals surface area contributed by atoms with E-state index in [0.29, 0.717) is 16.7 Å². The molecule has 1 unspecified atom stereocenters. The van der Waals surface area contributed by atoms with Crippen molar-refractivity contribution in [1.82, 2.24) is 9.80 Å². The molecule has 0 spiro atoms. The van der Waals surface area contributed by atoms with Gasteiger partial charge in [-0.2, -0.15) is 0 Å². The van der Waals surface area contributed by atoms with Crippen LogP contribution in [-0.2, 0) is 4.79 Å². The molecule has 6 heteroatoms. The van der Waals surface area contributed by atoms with Gasteiger partial charge in [-0.1, -0.05) is 23.7 Å². The Morgan fingerprint density at radius 3 is 2.74 bits per heavy atom. The Kier molecular flexibility index (Phi) is 6.66. The normalized spacial score (nSPS) is 17.7. The molecule has 1 aliphatic rings. The van der Waals surface area contributed by atoms with Gasteiger partial charge in [-0.3, -0.25) is 4.79 Å². The van der Waals surface area contributed by atoms with Gasteiger partial charge in [0.25, 0.3) is 0 Å². The summed E-state index contributed by atoms with van der Waals surface area (Å²) in [6.45, 7) is 7.10. The molecule has 2 rings (SSSR count). The molecule has 1 saturated heterocycles. The van der Waals surface area contributed by atoms with Crippen LogP contribution in [0.5, 0.6) is 0 Å². The second-order valence-corrected chi connectivity index (χ2v) is 6.50. The molecular weight excluding hydrogens is 330 g/mol. The third-order valence-electron chi connectivity index (χ3n) is 4.25. The Balaban J connectivity index is 1.99. The number of piperidine rings is 1. The number of thiocarbonyl (C=S) groups is 1. The largest absolute Gasteiger partial charge is 0.348 e. The summed E-state index contributed by atoms with van der Waals surface area (Å²) in [5, 5.41) is 4.47. The van der Waals surface area contributed by atoms with E-state index in [1.807, 2.05) is 43.0 Å². The van der Waals surface area contributed by atoms with Crippen LogP contribution in [0, 0.1) is 5.92 Å². The number of halogens is 1. The number of hydrogen-bond donors (Lipinski definition) is 1. The number of nitrogens with zero attached hydrogens (tertiary/aromatic N) is 2. The number of carbonyl (C=O) groups excluding carboxylic acids is 1. The van der Waals surface area contributed by atoms with Crippen molar-refractivity contribution in [1.29, 1.82) is 0 Å². The number of rotatable bonds is 4. The van der Waals surface area contributed by atoms with Crippen LogP contribution in [0.1, 0.15) is 26.7 Å². The highest BCUT2D eigenvalue weighted by Crippen LogP contribution is 2.23. The Morgan fingerprint density at radius 2 is 2.09 bits per heavy atom. The molecule has 4 nitrogen and oxygen atoms in total. The van der Waals surface area contributed by atoms with Crippen molar-refractivity contribution in [2.24, 2.45) is 5.92 Å². The lowest BCUT2D eigenvalue weighted by Gasteiger charge is -2.36. The van der Waals surface area contributed by atoms with Gasteiger partial charge in [0.2, 0.25) is 5.91 Å². The number of benzene rings is 1. The second kappa shape index (κ2) is 8.50. The van der Waals surface area contributed by atoms with Gasteiger partial charge in [-0.25, -0.2) is 0 Å². The van der Waals surface area contributed by atoms with Crippen molar-refractivity contribution in [2.45, 2.75) is 26.7 Å². The monoisotopic (exact) mass is 353 g/mol. The van der Waals surface area contributed by atoms with E-state index in [4.69, 9.17) is 23.8 Å². The van der Waals surface area contributed by atoms with Crippen LogP contribution in [0.25, 0.3) is 0 Å². The molecule has 0 radical (unpaired) electrons. The van der Waals surface area contributed by atoms with E-state index < -0.39 is 0 Å². The van der Waals surface area contributed by atoms with Crippen LogP contribution in [0.3, 0.4) is 0 Å². The van der Waals surface area contributed by atoms with Gasteiger partial charge in [-0.05, 0) is 51.0 Å². The van der Waals surface area contributed by atoms with Gasteiger partial charge >= 0.3 is 0 Å². The zero-order chi connectivity index (χ0) is 16.8. The van der Waals surface area contributed by atoms with Crippen molar-refractivity contribution in [3.8, 4) is 0 Å².